The van der Waals surface area contributed by atoms with Crippen LogP contribution in [-0.4, -0.2) is 41.0 Å². The maximum absolute atomic E-state index is 12.0. The van der Waals surface area contributed by atoms with Gasteiger partial charge >= 0.3 is 6.09 Å². The molecule has 0 aliphatic rings. The van der Waals surface area contributed by atoms with Crippen LogP contribution < -0.4 is 0 Å². The zero-order valence-electron chi connectivity index (χ0n) is 21.5. The summed E-state index contributed by atoms with van der Waals surface area (Å²) in [6.07, 6.45) is -1.39. The maximum atomic E-state index is 12.0. The molecule has 2 aromatic rings. The number of benzene rings is 2. The number of aliphatic hydroxyl groups is 1. The van der Waals surface area contributed by atoms with Gasteiger partial charge in [-0.25, -0.2) is 4.79 Å². The molecule has 0 fully saturated rings. The van der Waals surface area contributed by atoms with Crippen molar-refractivity contribution in [3.05, 3.63) is 64.7 Å². The molecule has 188 valence electrons. The van der Waals surface area contributed by atoms with Gasteiger partial charge in [-0.3, -0.25) is 0 Å². The monoisotopic (exact) mass is 521 g/mol. The Bertz CT molecular complexity index is 914. The Hall–Kier alpha value is -1.47. The van der Waals surface area contributed by atoms with Gasteiger partial charge in [-0.05, 0) is 65.4 Å². The quantitative estimate of drug-likeness (QED) is 0.292. The normalized spacial score (nSPS) is 14.0. The molecule has 0 radical (unpaired) electrons. The summed E-state index contributed by atoms with van der Waals surface area (Å²) in [5.41, 5.74) is 3.72. The highest BCUT2D eigenvalue weighted by Gasteiger charge is 2.44. The van der Waals surface area contributed by atoms with E-state index in [1.807, 2.05) is 6.92 Å². The number of amides is 1. The summed E-state index contributed by atoms with van der Waals surface area (Å²) in [7, 11) is -1.61. The molecular formula is C27H40ClNO3SSi. The van der Waals surface area contributed by atoms with E-state index in [9.17, 15) is 15.0 Å². The van der Waals surface area contributed by atoms with Crippen molar-refractivity contribution in [2.75, 3.05) is 6.54 Å². The zero-order chi connectivity index (χ0) is 25.6. The number of halogens is 1. The van der Waals surface area contributed by atoms with Crippen LogP contribution in [0.15, 0.2) is 53.4 Å². The van der Waals surface area contributed by atoms with Gasteiger partial charge in [0.25, 0.3) is 0 Å². The number of aliphatic hydroxyl groups excluding tert-OH is 1. The van der Waals surface area contributed by atoms with Crippen molar-refractivity contribution in [1.29, 1.82) is 0 Å². The molecule has 2 N–H and O–H groups in total. The van der Waals surface area contributed by atoms with E-state index < -0.39 is 19.4 Å². The van der Waals surface area contributed by atoms with E-state index in [4.69, 9.17) is 11.6 Å². The fraction of sp³-hybridized carbons (Fsp3) is 0.519. The molecule has 0 saturated carbocycles. The van der Waals surface area contributed by atoms with E-state index in [1.165, 1.54) is 9.80 Å². The first-order chi connectivity index (χ1) is 15.9. The van der Waals surface area contributed by atoms with Gasteiger partial charge in [0.05, 0.1) is 12.6 Å². The Balaban J connectivity index is 2.12. The van der Waals surface area contributed by atoms with Gasteiger partial charge in [0.15, 0.2) is 0 Å². The molecule has 1 amide bonds. The third kappa shape index (κ3) is 7.03. The fourth-order valence-electron chi connectivity index (χ4n) is 5.15. The third-order valence-corrected chi connectivity index (χ3v) is 19.4. The molecule has 0 spiro atoms. The first-order valence-electron chi connectivity index (χ1n) is 12.1. The maximum Gasteiger partial charge on any atom is 0.407 e. The van der Waals surface area contributed by atoms with Crippen LogP contribution in [0.3, 0.4) is 0 Å². The summed E-state index contributed by atoms with van der Waals surface area (Å²) in [6.45, 7) is 16.1. The lowest BCUT2D eigenvalue weighted by Crippen LogP contribution is -2.41. The molecule has 7 heteroatoms. The average molecular weight is 522 g/mol. The summed E-state index contributed by atoms with van der Waals surface area (Å²) in [4.78, 5) is 14.6. The van der Waals surface area contributed by atoms with Gasteiger partial charge < -0.3 is 15.1 Å². The molecule has 0 heterocycles. The van der Waals surface area contributed by atoms with E-state index in [2.05, 4.69) is 77.0 Å². The Morgan fingerprint density at radius 1 is 0.971 bits per heavy atom. The second kappa shape index (κ2) is 12.5. The first-order valence-corrected chi connectivity index (χ1v) is 16.2. The Morgan fingerprint density at radius 2 is 1.53 bits per heavy atom. The zero-order valence-corrected chi connectivity index (χ0v) is 24.0. The van der Waals surface area contributed by atoms with Gasteiger partial charge in [-0.1, -0.05) is 77.4 Å². The predicted molar refractivity (Wildman–Crippen MR) is 148 cm³/mol. The Kier molecular flexibility index (Phi) is 10.6. The number of carboxylic acid groups (broad SMARTS) is 1. The lowest BCUT2D eigenvalue weighted by molar-refractivity contribution is 0.0799. The molecule has 0 aliphatic carbocycles. The lowest BCUT2D eigenvalue weighted by Gasteiger charge is -2.42. The van der Waals surface area contributed by atoms with Crippen molar-refractivity contribution in [2.45, 2.75) is 88.6 Å². The van der Waals surface area contributed by atoms with Crippen LogP contribution >= 0.6 is 22.8 Å². The van der Waals surface area contributed by atoms with Crippen LogP contribution in [0.4, 0.5) is 4.79 Å². The van der Waals surface area contributed by atoms with Gasteiger partial charge in [0.2, 0.25) is 0 Å². The molecule has 34 heavy (non-hydrogen) atoms. The summed E-state index contributed by atoms with van der Waals surface area (Å²) < 4.78 is 0. The van der Waals surface area contributed by atoms with Crippen molar-refractivity contribution < 1.29 is 15.0 Å². The molecule has 0 bridgehead atoms. The smallest absolute Gasteiger partial charge is 0.407 e. The van der Waals surface area contributed by atoms with Crippen molar-refractivity contribution in [2.24, 2.45) is 0 Å². The summed E-state index contributed by atoms with van der Waals surface area (Å²) in [5, 5.41) is 20.9. The topological polar surface area (TPSA) is 60.8 Å². The highest BCUT2D eigenvalue weighted by molar-refractivity contribution is 8.29. The fourth-order valence-corrected chi connectivity index (χ4v) is 14.5. The summed E-state index contributed by atoms with van der Waals surface area (Å²) in [6, 6.07) is 15.2. The lowest BCUT2D eigenvalue weighted by atomic mass is 10.0. The van der Waals surface area contributed by atoms with E-state index in [-0.39, 0.29) is 12.6 Å². The van der Waals surface area contributed by atoms with Gasteiger partial charge in [0, 0.05) is 16.0 Å². The van der Waals surface area contributed by atoms with Crippen LogP contribution in [-0.2, 0) is 6.42 Å². The second-order valence-electron chi connectivity index (χ2n) is 10.1. The molecular weight excluding hydrogens is 482 g/mol. The van der Waals surface area contributed by atoms with Crippen molar-refractivity contribution in [1.82, 2.24) is 4.90 Å². The molecule has 2 atom stereocenters. The highest BCUT2D eigenvalue weighted by Crippen LogP contribution is 2.51. The van der Waals surface area contributed by atoms with E-state index in [0.29, 0.717) is 33.6 Å². The molecule has 0 saturated heterocycles. The second-order valence-corrected chi connectivity index (χ2v) is 19.1. The number of hydrogen-bond acceptors (Lipinski definition) is 3. The van der Waals surface area contributed by atoms with Crippen LogP contribution in [0.25, 0.3) is 0 Å². The minimum Gasteiger partial charge on any atom is -0.465 e. The predicted octanol–water partition coefficient (Wildman–Crippen LogP) is 8.25. The number of nitrogens with zero attached hydrogens (tertiary/aromatic N) is 1. The minimum absolute atomic E-state index is 0.00391. The van der Waals surface area contributed by atoms with E-state index in [1.54, 1.807) is 24.3 Å². The van der Waals surface area contributed by atoms with E-state index in [0.717, 1.165) is 5.56 Å². The first kappa shape index (κ1) is 28.8. The number of hydrogen-bond donors (Lipinski definition) is 2. The Labute approximate surface area is 215 Å². The van der Waals surface area contributed by atoms with Gasteiger partial charge in [-0.2, -0.15) is 11.2 Å². The van der Waals surface area contributed by atoms with Crippen LogP contribution in [0.1, 0.15) is 65.7 Å². The summed E-state index contributed by atoms with van der Waals surface area (Å²) >= 11 is 8.12. The molecule has 2 aromatic carbocycles. The highest BCUT2D eigenvalue weighted by atomic mass is 35.5. The molecule has 4 nitrogen and oxygen atoms in total. The third-order valence-electron chi connectivity index (χ3n) is 6.84. The molecule has 0 aromatic heterocycles. The van der Waals surface area contributed by atoms with Crippen molar-refractivity contribution in [3.63, 3.8) is 0 Å². The van der Waals surface area contributed by atoms with Gasteiger partial charge in [0.1, 0.15) is 7.22 Å². The molecule has 0 aliphatic heterocycles. The standard InChI is InChI=1S/C27H40ClNO3SSi/c1-18(2)34(19(3)4,20(5)6)33-25-13-11-22(12-14-25)15-21(7)29(27(31)32)17-26(30)23-9-8-10-24(28)16-23/h8-14,16,18-21,26,30H,15,17H2,1-7H3,(H,31,32)/t21-,26+/m1/s1. The van der Waals surface area contributed by atoms with Crippen LogP contribution in [0, 0.1) is 0 Å². The largest absolute Gasteiger partial charge is 0.465 e. The summed E-state index contributed by atoms with van der Waals surface area (Å²) in [5.74, 6) is 0. The average Bonchev–Trinajstić information content (AvgIpc) is 2.75. The Morgan fingerprint density at radius 3 is 2.00 bits per heavy atom. The van der Waals surface area contributed by atoms with Crippen LogP contribution in [0.5, 0.6) is 0 Å². The molecule has 2 rings (SSSR count). The van der Waals surface area contributed by atoms with Crippen molar-refractivity contribution in [3.8, 4) is 0 Å². The SMILES string of the molecule is CC(C)[Si](Sc1ccc(C[C@@H](C)N(C[C@H](O)c2cccc(Cl)c2)C(=O)O)cc1)(C(C)C)C(C)C. The van der Waals surface area contributed by atoms with Crippen molar-refractivity contribution >= 4 is 36.1 Å². The van der Waals surface area contributed by atoms with Gasteiger partial charge in [-0.15, -0.1) is 0 Å². The minimum atomic E-state index is -1.61. The van der Waals surface area contributed by atoms with E-state index >= 15 is 0 Å². The molecule has 0 unspecified atom stereocenters. The number of carbonyl (C=O) groups is 1. The number of rotatable bonds is 11. The van der Waals surface area contributed by atoms with Crippen LogP contribution in [0.2, 0.25) is 21.6 Å².